The molecule has 2 heteroatoms. The van der Waals surface area contributed by atoms with Crippen LogP contribution < -0.4 is 4.90 Å². The van der Waals surface area contributed by atoms with E-state index in [0.29, 0.717) is 0 Å². The number of anilines is 3. The van der Waals surface area contributed by atoms with Gasteiger partial charge >= 0.3 is 0 Å². The number of hydrogen-bond donors (Lipinski definition) is 0. The van der Waals surface area contributed by atoms with Gasteiger partial charge < -0.3 is 4.90 Å². The first kappa shape index (κ1) is 32.0. The highest BCUT2D eigenvalue weighted by Gasteiger charge is 2.23. The Labute approximate surface area is 319 Å². The molecule has 0 unspecified atom stereocenters. The van der Waals surface area contributed by atoms with E-state index in [4.69, 9.17) is 0 Å². The van der Waals surface area contributed by atoms with Crippen LogP contribution >= 0.6 is 11.3 Å². The number of hydrogen-bond acceptors (Lipinski definition) is 2. The van der Waals surface area contributed by atoms with Gasteiger partial charge in [0.2, 0.25) is 0 Å². The molecule has 10 rings (SSSR count). The highest BCUT2D eigenvalue weighted by Crippen LogP contribution is 2.49. The van der Waals surface area contributed by atoms with Gasteiger partial charge in [0.15, 0.2) is 0 Å². The van der Waals surface area contributed by atoms with Gasteiger partial charge in [-0.25, -0.2) is 0 Å². The van der Waals surface area contributed by atoms with Crippen molar-refractivity contribution in [3.05, 3.63) is 212 Å². The molecule has 1 heterocycles. The maximum Gasteiger partial charge on any atom is 0.0640 e. The van der Waals surface area contributed by atoms with Crippen LogP contribution in [0.3, 0.4) is 0 Å². The van der Waals surface area contributed by atoms with Gasteiger partial charge in [-0.1, -0.05) is 182 Å². The molecule has 10 aromatic rings. The largest absolute Gasteiger partial charge is 0.308 e. The molecule has 9 aromatic carbocycles. The second-order valence-corrected chi connectivity index (χ2v) is 14.7. The maximum absolute atomic E-state index is 2.49. The van der Waals surface area contributed by atoms with Crippen molar-refractivity contribution >= 4 is 59.3 Å². The van der Waals surface area contributed by atoms with Crippen molar-refractivity contribution < 1.29 is 0 Å². The number of benzene rings is 9. The molecule has 0 bridgehead atoms. The van der Waals surface area contributed by atoms with Crippen LogP contribution in [0.5, 0.6) is 0 Å². The summed E-state index contributed by atoms with van der Waals surface area (Å²) in [5.41, 5.74) is 13.0. The molecule has 0 radical (unpaired) electrons. The SMILES string of the molecule is c1ccc(-c2ccc(N(c3ccccc3-c3ccc(-c4ccccc4)c4ccccc34)c3cccc4c3sc3ccccc34)cc2-c2ccccc2)cc1. The molecule has 0 atom stereocenters. The van der Waals surface area contributed by atoms with E-state index in [1.54, 1.807) is 0 Å². The highest BCUT2D eigenvalue weighted by molar-refractivity contribution is 7.26. The number of thiophene rings is 1. The van der Waals surface area contributed by atoms with Gasteiger partial charge in [0.1, 0.15) is 0 Å². The molecule has 254 valence electrons. The van der Waals surface area contributed by atoms with Gasteiger partial charge in [0.05, 0.1) is 16.1 Å². The molecule has 0 aliphatic heterocycles. The monoisotopic (exact) mass is 705 g/mol. The molecule has 54 heavy (non-hydrogen) atoms. The van der Waals surface area contributed by atoms with Crippen LogP contribution in [0.25, 0.3) is 75.5 Å². The predicted octanol–water partition coefficient (Wildman–Crippen LogP) is 15.3. The number of para-hydroxylation sites is 1. The molecular formula is C52H35NS. The highest BCUT2D eigenvalue weighted by atomic mass is 32.1. The van der Waals surface area contributed by atoms with Crippen LogP contribution in [0.4, 0.5) is 17.1 Å². The third-order valence-corrected chi connectivity index (χ3v) is 11.7. The van der Waals surface area contributed by atoms with Crippen LogP contribution in [0, 0.1) is 0 Å². The van der Waals surface area contributed by atoms with Crippen molar-refractivity contribution in [3.8, 4) is 44.5 Å². The van der Waals surface area contributed by atoms with Gasteiger partial charge in [0.25, 0.3) is 0 Å². The van der Waals surface area contributed by atoms with Crippen molar-refractivity contribution in [2.45, 2.75) is 0 Å². The molecule has 0 N–H and O–H groups in total. The van der Waals surface area contributed by atoms with Crippen LogP contribution in [-0.4, -0.2) is 0 Å². The summed E-state index contributed by atoms with van der Waals surface area (Å²) >= 11 is 1.87. The Morgan fingerprint density at radius 3 is 1.52 bits per heavy atom. The first-order valence-electron chi connectivity index (χ1n) is 18.4. The third kappa shape index (κ3) is 5.56. The standard InChI is InChI=1S/C52H35NS/c1-4-17-36(18-5-1)40-33-34-44(43-24-11-10-23-42(40)43)45-25-12-14-28-49(45)53(50-29-16-27-47-46-26-13-15-30-51(46)54-52(47)50)39-31-32-41(37-19-6-2-7-20-37)48(35-39)38-21-8-3-9-22-38/h1-35H. The fourth-order valence-corrected chi connectivity index (χ4v) is 9.22. The lowest BCUT2D eigenvalue weighted by Crippen LogP contribution is -2.12. The van der Waals surface area contributed by atoms with E-state index in [-0.39, 0.29) is 0 Å². The molecule has 1 aromatic heterocycles. The second-order valence-electron chi connectivity index (χ2n) is 13.6. The topological polar surface area (TPSA) is 3.24 Å². The molecule has 0 aliphatic rings. The second kappa shape index (κ2) is 13.7. The van der Waals surface area contributed by atoms with Crippen molar-refractivity contribution in [2.75, 3.05) is 4.90 Å². The Morgan fingerprint density at radius 1 is 0.296 bits per heavy atom. The van der Waals surface area contributed by atoms with Crippen molar-refractivity contribution in [1.29, 1.82) is 0 Å². The smallest absolute Gasteiger partial charge is 0.0640 e. The zero-order valence-corrected chi connectivity index (χ0v) is 30.4. The summed E-state index contributed by atoms with van der Waals surface area (Å²) in [4.78, 5) is 2.49. The molecule has 0 aliphatic carbocycles. The van der Waals surface area contributed by atoms with Gasteiger partial charge in [-0.05, 0) is 80.0 Å². The van der Waals surface area contributed by atoms with Crippen molar-refractivity contribution in [1.82, 2.24) is 0 Å². The summed E-state index contributed by atoms with van der Waals surface area (Å²) in [5, 5.41) is 5.04. The Morgan fingerprint density at radius 2 is 0.796 bits per heavy atom. The summed E-state index contributed by atoms with van der Waals surface area (Å²) < 4.78 is 2.56. The van der Waals surface area contributed by atoms with Crippen molar-refractivity contribution in [2.24, 2.45) is 0 Å². The normalized spacial score (nSPS) is 11.3. The molecular weight excluding hydrogens is 671 g/mol. The van der Waals surface area contributed by atoms with Crippen LogP contribution in [0.15, 0.2) is 212 Å². The summed E-state index contributed by atoms with van der Waals surface area (Å²) in [6.07, 6.45) is 0. The Kier molecular flexibility index (Phi) is 8.09. The van der Waals surface area contributed by atoms with E-state index in [2.05, 4.69) is 217 Å². The fourth-order valence-electron chi connectivity index (χ4n) is 8.01. The third-order valence-electron chi connectivity index (χ3n) is 10.5. The zero-order valence-electron chi connectivity index (χ0n) is 29.6. The van der Waals surface area contributed by atoms with Gasteiger partial charge in [0, 0.05) is 26.7 Å². The Balaban J connectivity index is 1.25. The Bertz CT molecular complexity index is 2930. The molecule has 0 spiro atoms. The fraction of sp³-hybridized carbons (Fsp3) is 0. The van der Waals surface area contributed by atoms with E-state index in [1.165, 1.54) is 75.5 Å². The lowest BCUT2D eigenvalue weighted by atomic mass is 9.91. The summed E-state index contributed by atoms with van der Waals surface area (Å²) in [5.74, 6) is 0. The molecule has 1 nitrogen and oxygen atoms in total. The average Bonchev–Trinajstić information content (AvgIpc) is 3.64. The number of fused-ring (bicyclic) bond motifs is 4. The maximum atomic E-state index is 2.49. The lowest BCUT2D eigenvalue weighted by molar-refractivity contribution is 1.30. The summed E-state index contributed by atoms with van der Waals surface area (Å²) in [6.45, 7) is 0. The van der Waals surface area contributed by atoms with E-state index in [1.807, 2.05) is 11.3 Å². The molecule has 0 saturated carbocycles. The van der Waals surface area contributed by atoms with Crippen LogP contribution in [0.2, 0.25) is 0 Å². The number of rotatable bonds is 7. The summed E-state index contributed by atoms with van der Waals surface area (Å²) in [7, 11) is 0. The van der Waals surface area contributed by atoms with Crippen LogP contribution in [-0.2, 0) is 0 Å². The van der Waals surface area contributed by atoms with E-state index >= 15 is 0 Å². The van der Waals surface area contributed by atoms with Gasteiger partial charge in [-0.15, -0.1) is 11.3 Å². The van der Waals surface area contributed by atoms with Gasteiger partial charge in [-0.2, -0.15) is 0 Å². The zero-order chi connectivity index (χ0) is 35.8. The lowest BCUT2D eigenvalue weighted by Gasteiger charge is -2.29. The van der Waals surface area contributed by atoms with Crippen molar-refractivity contribution in [3.63, 3.8) is 0 Å². The van der Waals surface area contributed by atoms with Gasteiger partial charge in [-0.3, -0.25) is 0 Å². The first-order chi connectivity index (χ1) is 26.8. The minimum Gasteiger partial charge on any atom is -0.308 e. The quantitative estimate of drug-likeness (QED) is 0.160. The Hall–Kier alpha value is -6.74. The average molecular weight is 706 g/mol. The van der Waals surface area contributed by atoms with E-state index < -0.39 is 0 Å². The number of nitrogens with zero attached hydrogens (tertiary/aromatic N) is 1. The van der Waals surface area contributed by atoms with E-state index in [0.717, 1.165) is 17.1 Å². The van der Waals surface area contributed by atoms with E-state index in [9.17, 15) is 0 Å². The summed E-state index contributed by atoms with van der Waals surface area (Å²) in [6, 6.07) is 77.2. The minimum absolute atomic E-state index is 1.11. The minimum atomic E-state index is 1.11. The molecule has 0 fully saturated rings. The first-order valence-corrected chi connectivity index (χ1v) is 19.3. The molecule has 0 saturated heterocycles. The molecule has 0 amide bonds. The predicted molar refractivity (Wildman–Crippen MR) is 233 cm³/mol. The van der Waals surface area contributed by atoms with Crippen LogP contribution in [0.1, 0.15) is 0 Å².